The largest absolute Gasteiger partial charge is 0.273 e. The summed E-state index contributed by atoms with van der Waals surface area (Å²) in [6, 6.07) is 2.77. The van der Waals surface area contributed by atoms with Crippen molar-refractivity contribution in [2.45, 2.75) is 40.0 Å². The molecule has 2 aromatic heterocycles. The minimum atomic E-state index is -3.10. The second-order valence-electron chi connectivity index (χ2n) is 5.19. The standard InChI is InChI=1S/C15H16BrF2N3O/c1-5-12-10(15(4,17)18)7-13(22)21(20-12)14-8(2)6-11(16)9(3)19-14/h6-7H,5H2,1-4H3. The Hall–Kier alpha value is -1.63. The third kappa shape index (κ3) is 3.09. The van der Waals surface area contributed by atoms with Gasteiger partial charge >= 0.3 is 0 Å². The Morgan fingerprint density at radius 2 is 1.95 bits per heavy atom. The summed E-state index contributed by atoms with van der Waals surface area (Å²) in [5.41, 5.74) is 0.657. The van der Waals surface area contributed by atoms with Crippen molar-refractivity contribution in [3.05, 3.63) is 49.5 Å². The van der Waals surface area contributed by atoms with E-state index in [0.717, 1.165) is 27.7 Å². The van der Waals surface area contributed by atoms with Crippen LogP contribution in [-0.2, 0) is 12.3 Å². The van der Waals surface area contributed by atoms with Gasteiger partial charge in [-0.2, -0.15) is 9.78 Å². The second kappa shape index (κ2) is 5.87. The Bertz CT molecular complexity index is 782. The molecule has 7 heteroatoms. The van der Waals surface area contributed by atoms with Crippen LogP contribution in [0.2, 0.25) is 0 Å². The average molecular weight is 372 g/mol. The molecule has 0 spiro atoms. The summed E-state index contributed by atoms with van der Waals surface area (Å²) < 4.78 is 29.1. The Balaban J connectivity index is 2.73. The predicted octanol–water partition coefficient (Wildman–Crippen LogP) is 3.68. The van der Waals surface area contributed by atoms with Gasteiger partial charge in [-0.05, 0) is 47.8 Å². The van der Waals surface area contributed by atoms with Gasteiger partial charge in [0.1, 0.15) is 0 Å². The molecule has 118 valence electrons. The van der Waals surface area contributed by atoms with E-state index in [0.29, 0.717) is 17.9 Å². The fraction of sp³-hybridized carbons (Fsp3) is 0.400. The van der Waals surface area contributed by atoms with Crippen molar-refractivity contribution in [3.63, 3.8) is 0 Å². The maximum atomic E-state index is 13.6. The van der Waals surface area contributed by atoms with Gasteiger partial charge < -0.3 is 0 Å². The molecule has 0 aliphatic heterocycles. The fourth-order valence-electron chi connectivity index (χ4n) is 2.16. The molecule has 0 aliphatic carbocycles. The minimum absolute atomic E-state index is 0.189. The number of hydrogen-bond donors (Lipinski definition) is 0. The van der Waals surface area contributed by atoms with Gasteiger partial charge in [-0.3, -0.25) is 4.79 Å². The number of rotatable bonds is 3. The molecular weight excluding hydrogens is 356 g/mol. The molecule has 2 aromatic rings. The third-order valence-electron chi connectivity index (χ3n) is 3.33. The molecule has 0 aromatic carbocycles. The molecule has 2 heterocycles. The van der Waals surface area contributed by atoms with E-state index in [-0.39, 0.29) is 11.3 Å². The highest BCUT2D eigenvalue weighted by Gasteiger charge is 2.29. The van der Waals surface area contributed by atoms with Crippen LogP contribution >= 0.6 is 15.9 Å². The highest BCUT2D eigenvalue weighted by atomic mass is 79.9. The SMILES string of the molecule is CCc1nn(-c2nc(C)c(Br)cc2C)c(=O)cc1C(C)(F)F. The highest BCUT2D eigenvalue weighted by Crippen LogP contribution is 2.28. The minimum Gasteiger partial charge on any atom is -0.267 e. The van der Waals surface area contributed by atoms with Crippen molar-refractivity contribution in [3.8, 4) is 5.82 Å². The van der Waals surface area contributed by atoms with E-state index in [2.05, 4.69) is 26.0 Å². The van der Waals surface area contributed by atoms with Crippen LogP contribution in [0.4, 0.5) is 8.78 Å². The number of aromatic nitrogens is 3. The van der Waals surface area contributed by atoms with E-state index >= 15 is 0 Å². The van der Waals surface area contributed by atoms with Crippen molar-refractivity contribution in [2.24, 2.45) is 0 Å². The molecular formula is C15H16BrF2N3O. The number of pyridine rings is 1. The summed E-state index contributed by atoms with van der Waals surface area (Å²) in [5.74, 6) is -2.75. The van der Waals surface area contributed by atoms with E-state index in [9.17, 15) is 13.6 Å². The summed E-state index contributed by atoms with van der Waals surface area (Å²) in [7, 11) is 0. The zero-order chi connectivity index (χ0) is 16.7. The van der Waals surface area contributed by atoms with Crippen LogP contribution in [0, 0.1) is 13.8 Å². The number of alkyl halides is 2. The molecule has 22 heavy (non-hydrogen) atoms. The Labute approximate surface area is 135 Å². The van der Waals surface area contributed by atoms with E-state index in [1.165, 1.54) is 0 Å². The molecule has 2 rings (SSSR count). The van der Waals surface area contributed by atoms with Crippen LogP contribution in [-0.4, -0.2) is 14.8 Å². The highest BCUT2D eigenvalue weighted by molar-refractivity contribution is 9.10. The molecule has 0 aliphatic rings. The van der Waals surface area contributed by atoms with E-state index in [1.807, 2.05) is 6.07 Å². The van der Waals surface area contributed by atoms with Crippen LogP contribution in [0.3, 0.4) is 0 Å². The van der Waals surface area contributed by atoms with Crippen molar-refractivity contribution in [2.75, 3.05) is 0 Å². The lowest BCUT2D eigenvalue weighted by Crippen LogP contribution is -2.28. The monoisotopic (exact) mass is 371 g/mol. The first-order valence-electron chi connectivity index (χ1n) is 6.80. The van der Waals surface area contributed by atoms with Gasteiger partial charge in [0.05, 0.1) is 11.4 Å². The van der Waals surface area contributed by atoms with Gasteiger partial charge in [-0.25, -0.2) is 13.8 Å². The van der Waals surface area contributed by atoms with Crippen molar-refractivity contribution in [1.82, 2.24) is 14.8 Å². The van der Waals surface area contributed by atoms with E-state index in [1.54, 1.807) is 20.8 Å². The topological polar surface area (TPSA) is 47.8 Å². The first-order chi connectivity index (χ1) is 10.1. The van der Waals surface area contributed by atoms with E-state index < -0.39 is 11.5 Å². The first-order valence-corrected chi connectivity index (χ1v) is 7.60. The zero-order valence-electron chi connectivity index (χ0n) is 12.7. The Morgan fingerprint density at radius 1 is 1.32 bits per heavy atom. The normalized spacial score (nSPS) is 11.8. The van der Waals surface area contributed by atoms with Crippen LogP contribution in [0.25, 0.3) is 5.82 Å². The number of halogens is 3. The number of aryl methyl sites for hydroxylation is 3. The zero-order valence-corrected chi connectivity index (χ0v) is 14.3. The van der Waals surface area contributed by atoms with E-state index in [4.69, 9.17) is 0 Å². The molecule has 0 bridgehead atoms. The fourth-order valence-corrected chi connectivity index (χ4v) is 2.59. The molecule has 0 amide bonds. The van der Waals surface area contributed by atoms with Crippen LogP contribution in [0.1, 0.15) is 36.4 Å². The third-order valence-corrected chi connectivity index (χ3v) is 4.13. The smallest absolute Gasteiger partial charge is 0.267 e. The van der Waals surface area contributed by atoms with Gasteiger partial charge in [0, 0.05) is 23.0 Å². The van der Waals surface area contributed by atoms with Gasteiger partial charge in [-0.1, -0.05) is 6.92 Å². The predicted molar refractivity (Wildman–Crippen MR) is 83.7 cm³/mol. The second-order valence-corrected chi connectivity index (χ2v) is 6.05. The molecule has 0 N–H and O–H groups in total. The van der Waals surface area contributed by atoms with Crippen molar-refractivity contribution in [1.29, 1.82) is 0 Å². The molecule has 0 radical (unpaired) electrons. The summed E-state index contributed by atoms with van der Waals surface area (Å²) in [6.07, 6.45) is 0.299. The van der Waals surface area contributed by atoms with Crippen molar-refractivity contribution >= 4 is 15.9 Å². The molecule has 4 nitrogen and oxygen atoms in total. The first kappa shape index (κ1) is 16.7. The molecule has 0 saturated carbocycles. The van der Waals surface area contributed by atoms with Gasteiger partial charge in [0.2, 0.25) is 0 Å². The van der Waals surface area contributed by atoms with Crippen LogP contribution < -0.4 is 5.56 Å². The summed E-state index contributed by atoms with van der Waals surface area (Å²) in [5, 5.41) is 4.11. The lowest BCUT2D eigenvalue weighted by atomic mass is 10.1. The lowest BCUT2D eigenvalue weighted by molar-refractivity contribution is 0.0157. The number of nitrogens with zero attached hydrogens (tertiary/aromatic N) is 3. The molecule has 0 atom stereocenters. The molecule has 0 fully saturated rings. The van der Waals surface area contributed by atoms with Gasteiger partial charge in [0.25, 0.3) is 11.5 Å². The summed E-state index contributed by atoms with van der Waals surface area (Å²) >= 11 is 3.37. The van der Waals surface area contributed by atoms with Crippen molar-refractivity contribution < 1.29 is 8.78 Å². The quantitative estimate of drug-likeness (QED) is 0.826. The lowest BCUT2D eigenvalue weighted by Gasteiger charge is -2.16. The van der Waals surface area contributed by atoms with Crippen LogP contribution in [0.5, 0.6) is 0 Å². The molecule has 0 unspecified atom stereocenters. The maximum absolute atomic E-state index is 13.6. The molecule has 0 saturated heterocycles. The summed E-state index contributed by atoms with van der Waals surface area (Å²) in [4.78, 5) is 16.6. The number of hydrogen-bond acceptors (Lipinski definition) is 3. The van der Waals surface area contributed by atoms with Gasteiger partial charge in [-0.15, -0.1) is 0 Å². The maximum Gasteiger partial charge on any atom is 0.273 e. The van der Waals surface area contributed by atoms with Gasteiger partial charge in [0.15, 0.2) is 5.82 Å². The summed E-state index contributed by atoms with van der Waals surface area (Å²) in [6.45, 7) is 6.06. The Morgan fingerprint density at radius 3 is 2.50 bits per heavy atom. The van der Waals surface area contributed by atoms with Crippen LogP contribution in [0.15, 0.2) is 21.4 Å². The average Bonchev–Trinajstić information content (AvgIpc) is 2.42. The Kier molecular flexibility index (Phi) is 4.47.